The molecule has 0 amide bonds. The summed E-state index contributed by atoms with van der Waals surface area (Å²) in [6, 6.07) is -0.668. The topological polar surface area (TPSA) is 137 Å². The molecule has 0 aromatic rings. The molecule has 1 rings (SSSR count). The minimum atomic E-state index is -3.65. The molecule has 0 heterocycles. The maximum absolute atomic E-state index is 12.7. The summed E-state index contributed by atoms with van der Waals surface area (Å²) in [5.74, 6) is -1.19. The molecular weight excluding hydrogens is 465 g/mol. The largest absolute Gasteiger partial charge is 0.454 e. The summed E-state index contributed by atoms with van der Waals surface area (Å²) >= 11 is 0. The summed E-state index contributed by atoms with van der Waals surface area (Å²) in [5.41, 5.74) is 9.90. The SMILES string of the molecule is CCOP(=O)(CC(=O)O[C@H]1C[C@H](O[Si](C(C)C)(C(C)C)C(C)C)[C@@H](N=[N+]=[N-])CC1=O)OCC. The van der Waals surface area contributed by atoms with Gasteiger partial charge in [0.2, 0.25) is 8.32 Å². The number of nitrogens with zero attached hydrogens (tertiary/aromatic N) is 3. The third-order valence-electron chi connectivity index (χ3n) is 6.16. The van der Waals surface area contributed by atoms with Crippen LogP contribution in [0.3, 0.4) is 0 Å². The summed E-state index contributed by atoms with van der Waals surface area (Å²) in [4.78, 5) is 28.1. The van der Waals surface area contributed by atoms with Gasteiger partial charge in [0.1, 0.15) is 6.16 Å². The van der Waals surface area contributed by atoms with E-state index in [-0.39, 0.29) is 48.5 Å². The first kappa shape index (κ1) is 29.8. The second-order valence-corrected chi connectivity index (χ2v) is 16.7. The van der Waals surface area contributed by atoms with Crippen LogP contribution < -0.4 is 0 Å². The molecule has 3 atom stereocenters. The first-order valence-electron chi connectivity index (χ1n) is 11.7. The molecule has 1 aliphatic carbocycles. The van der Waals surface area contributed by atoms with E-state index in [1.165, 1.54) is 0 Å². The average molecular weight is 506 g/mol. The Morgan fingerprint density at radius 2 is 1.64 bits per heavy atom. The number of esters is 1. The highest BCUT2D eigenvalue weighted by Gasteiger charge is 2.50. The lowest BCUT2D eigenvalue weighted by Crippen LogP contribution is -2.55. The van der Waals surface area contributed by atoms with E-state index in [0.29, 0.717) is 0 Å². The molecule has 1 aliphatic rings. The van der Waals surface area contributed by atoms with Crippen LogP contribution in [0.5, 0.6) is 0 Å². The molecule has 1 fully saturated rings. The van der Waals surface area contributed by atoms with E-state index in [1.54, 1.807) is 13.8 Å². The highest BCUT2D eigenvalue weighted by atomic mass is 31.2. The van der Waals surface area contributed by atoms with Gasteiger partial charge in [0, 0.05) is 17.8 Å². The lowest BCUT2D eigenvalue weighted by molar-refractivity contribution is -0.157. The Labute approximate surface area is 198 Å². The molecule has 0 N–H and O–H groups in total. The molecule has 10 nitrogen and oxygen atoms in total. The molecule has 33 heavy (non-hydrogen) atoms. The van der Waals surface area contributed by atoms with Crippen molar-refractivity contribution in [3.63, 3.8) is 0 Å². The fraction of sp³-hybridized carbons (Fsp3) is 0.905. The zero-order valence-corrected chi connectivity index (χ0v) is 23.0. The van der Waals surface area contributed by atoms with Crippen molar-refractivity contribution < 1.29 is 32.4 Å². The van der Waals surface area contributed by atoms with Gasteiger partial charge in [-0.15, -0.1) is 0 Å². The van der Waals surface area contributed by atoms with Crippen molar-refractivity contribution in [1.29, 1.82) is 0 Å². The molecule has 190 valence electrons. The zero-order chi connectivity index (χ0) is 25.4. The minimum Gasteiger partial charge on any atom is -0.454 e. The van der Waals surface area contributed by atoms with Gasteiger partial charge in [-0.25, -0.2) is 0 Å². The van der Waals surface area contributed by atoms with Crippen LogP contribution in [-0.2, 0) is 32.4 Å². The maximum atomic E-state index is 12.7. The number of hydrogen-bond donors (Lipinski definition) is 0. The van der Waals surface area contributed by atoms with Gasteiger partial charge >= 0.3 is 13.6 Å². The Kier molecular flexibility index (Phi) is 11.8. The van der Waals surface area contributed by atoms with Crippen LogP contribution in [0.15, 0.2) is 5.11 Å². The van der Waals surface area contributed by atoms with Crippen molar-refractivity contribution in [2.75, 3.05) is 19.4 Å². The molecule has 1 saturated carbocycles. The summed E-state index contributed by atoms with van der Waals surface area (Å²) in [7, 11) is -6.01. The average Bonchev–Trinajstić information content (AvgIpc) is 2.68. The Morgan fingerprint density at radius 3 is 2.06 bits per heavy atom. The van der Waals surface area contributed by atoms with E-state index >= 15 is 0 Å². The van der Waals surface area contributed by atoms with E-state index < -0.39 is 46.3 Å². The normalized spacial score (nSPS) is 22.0. The van der Waals surface area contributed by atoms with Crippen molar-refractivity contribution in [3.8, 4) is 0 Å². The van der Waals surface area contributed by atoms with E-state index in [0.717, 1.165) is 0 Å². The van der Waals surface area contributed by atoms with Gasteiger partial charge in [-0.1, -0.05) is 46.7 Å². The quantitative estimate of drug-likeness (QED) is 0.0774. The van der Waals surface area contributed by atoms with Crippen LogP contribution in [0, 0.1) is 0 Å². The number of ether oxygens (including phenoxy) is 1. The number of ketones is 1. The number of hydrogen-bond acceptors (Lipinski definition) is 8. The standard InChI is InChI=1S/C21H40N3O7PSi/c1-9-28-32(27,29-10-2)13-21(26)30-20-12-19(17(23-24-22)11-18(20)25)31-33(14(3)4,15(5)6)16(7)8/h14-17,19-20H,9-13H2,1-8H3/t17-,19-,20-/m0/s1. The predicted octanol–water partition coefficient (Wildman–Crippen LogP) is 5.77. The van der Waals surface area contributed by atoms with Gasteiger partial charge in [0.25, 0.3) is 0 Å². The van der Waals surface area contributed by atoms with Gasteiger partial charge in [0.05, 0.1) is 25.4 Å². The zero-order valence-electron chi connectivity index (χ0n) is 21.1. The van der Waals surface area contributed by atoms with Gasteiger partial charge in [-0.05, 0) is 36.0 Å². The summed E-state index contributed by atoms with van der Waals surface area (Å²) in [6.07, 6.45) is -2.20. The Bertz CT molecular complexity index is 739. The molecule has 0 radical (unpaired) electrons. The summed E-state index contributed by atoms with van der Waals surface area (Å²) in [6.45, 7) is 16.4. The molecule has 0 aromatic carbocycles. The molecule has 0 aromatic heterocycles. The third kappa shape index (κ3) is 7.63. The second kappa shape index (κ2) is 13.0. The number of azide groups is 1. The molecule has 12 heteroatoms. The maximum Gasteiger partial charge on any atom is 0.341 e. The molecule has 0 bridgehead atoms. The first-order chi connectivity index (χ1) is 15.4. The number of carbonyl (C=O) groups excluding carboxylic acids is 2. The fourth-order valence-corrected chi connectivity index (χ4v) is 12.0. The van der Waals surface area contributed by atoms with E-state index in [2.05, 4.69) is 51.6 Å². The van der Waals surface area contributed by atoms with E-state index in [4.69, 9.17) is 23.7 Å². The molecule has 0 saturated heterocycles. The molecule has 0 unspecified atom stereocenters. The monoisotopic (exact) mass is 505 g/mol. The Hall–Kier alpha value is -1.22. The Balaban J connectivity index is 3.13. The minimum absolute atomic E-state index is 0.0833. The van der Waals surface area contributed by atoms with Crippen molar-refractivity contribution in [2.24, 2.45) is 5.11 Å². The number of rotatable bonds is 13. The van der Waals surface area contributed by atoms with Crippen LogP contribution in [0.2, 0.25) is 16.6 Å². The fourth-order valence-electron chi connectivity index (χ4n) is 4.94. The van der Waals surface area contributed by atoms with Gasteiger partial charge in [-0.3, -0.25) is 14.2 Å². The molecular formula is C21H40N3O7PSi. The predicted molar refractivity (Wildman–Crippen MR) is 129 cm³/mol. The lowest BCUT2D eigenvalue weighted by atomic mass is 9.89. The summed E-state index contributed by atoms with van der Waals surface area (Å²) < 4.78 is 35.2. The highest BCUT2D eigenvalue weighted by Crippen LogP contribution is 2.48. The van der Waals surface area contributed by atoms with Gasteiger partial charge in [-0.2, -0.15) is 0 Å². The van der Waals surface area contributed by atoms with Crippen LogP contribution in [0.25, 0.3) is 10.4 Å². The van der Waals surface area contributed by atoms with Crippen LogP contribution in [0.1, 0.15) is 68.2 Å². The van der Waals surface area contributed by atoms with Crippen molar-refractivity contribution in [1.82, 2.24) is 0 Å². The first-order valence-corrected chi connectivity index (χ1v) is 15.6. The van der Waals surface area contributed by atoms with E-state index in [9.17, 15) is 14.2 Å². The highest BCUT2D eigenvalue weighted by molar-refractivity contribution is 7.54. The van der Waals surface area contributed by atoms with Crippen LogP contribution in [0.4, 0.5) is 0 Å². The molecule has 0 aliphatic heterocycles. The number of Topliss-reactive ketones (excluding diaryl/α,β-unsaturated/α-hetero) is 1. The van der Waals surface area contributed by atoms with Crippen LogP contribution >= 0.6 is 7.60 Å². The Morgan fingerprint density at radius 1 is 1.12 bits per heavy atom. The third-order valence-corrected chi connectivity index (χ3v) is 14.2. The van der Waals surface area contributed by atoms with Gasteiger partial charge in [0.15, 0.2) is 11.9 Å². The van der Waals surface area contributed by atoms with Crippen molar-refractivity contribution >= 4 is 27.7 Å². The van der Waals surface area contributed by atoms with E-state index in [1.807, 2.05) is 0 Å². The lowest BCUT2D eigenvalue weighted by Gasteiger charge is -2.47. The smallest absolute Gasteiger partial charge is 0.341 e. The number of carbonyl (C=O) groups is 2. The van der Waals surface area contributed by atoms with Crippen molar-refractivity contribution in [3.05, 3.63) is 10.4 Å². The second-order valence-electron chi connectivity index (χ2n) is 9.24. The van der Waals surface area contributed by atoms with Crippen LogP contribution in [-0.4, -0.2) is 57.7 Å². The summed E-state index contributed by atoms with van der Waals surface area (Å²) in [5, 5.41) is 3.83. The van der Waals surface area contributed by atoms with Gasteiger partial charge < -0.3 is 18.2 Å². The molecule has 0 spiro atoms. The van der Waals surface area contributed by atoms with Crippen molar-refractivity contribution in [2.45, 2.75) is 103 Å².